The molecule has 0 spiro atoms. The van der Waals surface area contributed by atoms with Gasteiger partial charge in [-0.05, 0) is 45.2 Å². The van der Waals surface area contributed by atoms with Crippen molar-refractivity contribution >= 4 is 28.9 Å². The Morgan fingerprint density at radius 2 is 2.07 bits per heavy atom. The number of aryl methyl sites for hydroxylation is 1. The lowest BCUT2D eigenvalue weighted by atomic mass is 10.3. The van der Waals surface area contributed by atoms with Crippen LogP contribution in [0.15, 0.2) is 24.5 Å². The number of nitrogens with zero attached hydrogens (tertiary/aromatic N) is 4. The van der Waals surface area contributed by atoms with Gasteiger partial charge in [0.2, 0.25) is 5.88 Å². The molecule has 0 unspecified atom stereocenters. The molecule has 9 nitrogen and oxygen atoms in total. The van der Waals surface area contributed by atoms with E-state index in [4.69, 9.17) is 4.74 Å². The van der Waals surface area contributed by atoms with Crippen LogP contribution in [0.4, 0.5) is 17.3 Å². The van der Waals surface area contributed by atoms with E-state index in [1.807, 2.05) is 32.9 Å². The van der Waals surface area contributed by atoms with E-state index >= 15 is 0 Å². The minimum atomic E-state index is -0.157. The third-order valence-electron chi connectivity index (χ3n) is 4.48. The summed E-state index contributed by atoms with van der Waals surface area (Å²) in [7, 11) is 1.80. The maximum Gasteiger partial charge on any atom is 0.256 e. The summed E-state index contributed by atoms with van der Waals surface area (Å²) >= 11 is 0. The van der Waals surface area contributed by atoms with E-state index in [0.29, 0.717) is 34.4 Å². The first kappa shape index (κ1) is 19.0. The van der Waals surface area contributed by atoms with Crippen LogP contribution in [0.25, 0.3) is 5.65 Å². The second kappa shape index (κ2) is 7.57. The zero-order valence-corrected chi connectivity index (χ0v) is 17.0. The molecule has 0 aliphatic heterocycles. The number of aromatic nitrogens is 4. The molecule has 4 rings (SSSR count). The fourth-order valence-corrected chi connectivity index (χ4v) is 2.96. The van der Waals surface area contributed by atoms with Gasteiger partial charge in [0.1, 0.15) is 22.9 Å². The standard InChI is InChI=1S/C20H25N7O2/c1-11(2)29-20-15(7-12(3)9-22-20)25-16-8-17(21-4)27-18(26-16)14(10-23-27)19(28)24-13-5-6-13/h7-11,13,21H,5-6H2,1-4H3,(H,24,28)(H,25,26). The predicted molar refractivity (Wildman–Crippen MR) is 111 cm³/mol. The van der Waals surface area contributed by atoms with Crippen molar-refractivity contribution in [3.8, 4) is 5.88 Å². The maximum absolute atomic E-state index is 12.6. The molecule has 1 amide bonds. The molecular formula is C20H25N7O2. The van der Waals surface area contributed by atoms with Crippen LogP contribution in [0.3, 0.4) is 0 Å². The highest BCUT2D eigenvalue weighted by Crippen LogP contribution is 2.29. The highest BCUT2D eigenvalue weighted by atomic mass is 16.5. The summed E-state index contributed by atoms with van der Waals surface area (Å²) in [5.74, 6) is 1.60. The SMILES string of the molecule is CNc1cc(Nc2cc(C)cnc2OC(C)C)nc2c(C(=O)NC3CC3)cnn12. The van der Waals surface area contributed by atoms with Gasteiger partial charge in [-0.25, -0.2) is 9.97 Å². The summed E-state index contributed by atoms with van der Waals surface area (Å²) in [5.41, 5.74) is 2.62. The summed E-state index contributed by atoms with van der Waals surface area (Å²) < 4.78 is 7.43. The molecule has 0 atom stereocenters. The first-order valence-corrected chi connectivity index (χ1v) is 9.72. The zero-order valence-electron chi connectivity index (χ0n) is 17.0. The smallest absolute Gasteiger partial charge is 0.256 e. The fraction of sp³-hybridized carbons (Fsp3) is 0.400. The van der Waals surface area contributed by atoms with Crippen LogP contribution < -0.4 is 20.7 Å². The minimum Gasteiger partial charge on any atom is -0.473 e. The normalized spacial score (nSPS) is 13.6. The van der Waals surface area contributed by atoms with E-state index in [0.717, 1.165) is 18.4 Å². The first-order chi connectivity index (χ1) is 13.9. The molecule has 9 heteroatoms. The molecule has 3 N–H and O–H groups in total. The Morgan fingerprint density at radius 3 is 2.76 bits per heavy atom. The molecule has 0 bridgehead atoms. The number of carbonyl (C=O) groups excluding carboxylic acids is 1. The van der Waals surface area contributed by atoms with E-state index in [2.05, 4.69) is 31.0 Å². The fourth-order valence-electron chi connectivity index (χ4n) is 2.96. The van der Waals surface area contributed by atoms with E-state index in [9.17, 15) is 4.79 Å². The molecule has 0 aromatic carbocycles. The van der Waals surface area contributed by atoms with Crippen LogP contribution >= 0.6 is 0 Å². The van der Waals surface area contributed by atoms with E-state index in [1.165, 1.54) is 0 Å². The molecule has 0 radical (unpaired) electrons. The maximum atomic E-state index is 12.6. The van der Waals surface area contributed by atoms with Gasteiger partial charge in [0.15, 0.2) is 5.65 Å². The van der Waals surface area contributed by atoms with Crippen LogP contribution in [-0.2, 0) is 0 Å². The van der Waals surface area contributed by atoms with Crippen molar-refractivity contribution in [2.75, 3.05) is 17.7 Å². The van der Waals surface area contributed by atoms with Crippen molar-refractivity contribution in [2.24, 2.45) is 0 Å². The number of fused-ring (bicyclic) bond motifs is 1. The summed E-state index contributed by atoms with van der Waals surface area (Å²) in [6.07, 6.45) is 5.33. The number of amides is 1. The van der Waals surface area contributed by atoms with Gasteiger partial charge in [-0.3, -0.25) is 4.79 Å². The third-order valence-corrected chi connectivity index (χ3v) is 4.48. The first-order valence-electron chi connectivity index (χ1n) is 9.72. The Bertz CT molecular complexity index is 1060. The number of ether oxygens (including phenoxy) is 1. The second-order valence-electron chi connectivity index (χ2n) is 7.47. The Morgan fingerprint density at radius 1 is 1.28 bits per heavy atom. The third kappa shape index (κ3) is 4.08. The molecule has 3 heterocycles. The van der Waals surface area contributed by atoms with Crippen molar-refractivity contribution in [1.82, 2.24) is 24.9 Å². The van der Waals surface area contributed by atoms with Crippen LogP contribution in [0.1, 0.15) is 42.6 Å². The van der Waals surface area contributed by atoms with Crippen molar-refractivity contribution in [3.63, 3.8) is 0 Å². The Hall–Kier alpha value is -3.36. The molecule has 1 fully saturated rings. The number of rotatable bonds is 7. The van der Waals surface area contributed by atoms with Crippen molar-refractivity contribution in [3.05, 3.63) is 35.7 Å². The van der Waals surface area contributed by atoms with Crippen molar-refractivity contribution < 1.29 is 9.53 Å². The topological polar surface area (TPSA) is 105 Å². The number of hydrogen-bond donors (Lipinski definition) is 3. The van der Waals surface area contributed by atoms with Crippen molar-refractivity contribution in [2.45, 2.75) is 45.8 Å². The van der Waals surface area contributed by atoms with Gasteiger partial charge in [0.25, 0.3) is 5.91 Å². The lowest BCUT2D eigenvalue weighted by Gasteiger charge is -2.15. The van der Waals surface area contributed by atoms with Crippen LogP contribution in [0.5, 0.6) is 5.88 Å². The van der Waals surface area contributed by atoms with E-state index in [1.54, 1.807) is 24.0 Å². The number of nitrogens with one attached hydrogen (secondary N) is 3. The van der Waals surface area contributed by atoms with Gasteiger partial charge in [-0.2, -0.15) is 9.61 Å². The summed E-state index contributed by atoms with van der Waals surface area (Å²) in [5, 5.41) is 13.7. The molecule has 0 saturated heterocycles. The molecular weight excluding hydrogens is 370 g/mol. The monoisotopic (exact) mass is 395 g/mol. The van der Waals surface area contributed by atoms with Gasteiger partial charge in [-0.1, -0.05) is 0 Å². The molecule has 1 saturated carbocycles. The Kier molecular flexibility index (Phi) is 4.96. The van der Waals surface area contributed by atoms with E-state index in [-0.39, 0.29) is 18.1 Å². The lowest BCUT2D eigenvalue weighted by Crippen LogP contribution is -2.25. The minimum absolute atomic E-state index is 0.0124. The summed E-state index contributed by atoms with van der Waals surface area (Å²) in [6.45, 7) is 5.86. The van der Waals surface area contributed by atoms with Gasteiger partial charge >= 0.3 is 0 Å². The zero-order chi connectivity index (χ0) is 20.5. The van der Waals surface area contributed by atoms with Crippen LogP contribution in [0, 0.1) is 6.92 Å². The highest BCUT2D eigenvalue weighted by Gasteiger charge is 2.26. The molecule has 1 aliphatic carbocycles. The Labute approximate surface area is 168 Å². The summed E-state index contributed by atoms with van der Waals surface area (Å²) in [6, 6.07) is 4.04. The van der Waals surface area contributed by atoms with Crippen LogP contribution in [0.2, 0.25) is 0 Å². The van der Waals surface area contributed by atoms with Gasteiger partial charge in [0.05, 0.1) is 12.3 Å². The van der Waals surface area contributed by atoms with Gasteiger partial charge < -0.3 is 20.7 Å². The molecule has 3 aromatic rings. The number of anilines is 3. The molecule has 3 aromatic heterocycles. The molecule has 1 aliphatic rings. The number of pyridine rings is 1. The Balaban J connectivity index is 1.72. The van der Waals surface area contributed by atoms with E-state index < -0.39 is 0 Å². The van der Waals surface area contributed by atoms with Crippen molar-refractivity contribution in [1.29, 1.82) is 0 Å². The average molecular weight is 395 g/mol. The second-order valence-corrected chi connectivity index (χ2v) is 7.47. The highest BCUT2D eigenvalue weighted by molar-refractivity contribution is 6.00. The molecule has 152 valence electrons. The number of carbonyl (C=O) groups is 1. The van der Waals surface area contributed by atoms with Gasteiger partial charge in [-0.15, -0.1) is 0 Å². The lowest BCUT2D eigenvalue weighted by molar-refractivity contribution is 0.0952. The van der Waals surface area contributed by atoms with Crippen LogP contribution in [-0.4, -0.2) is 44.7 Å². The van der Waals surface area contributed by atoms with Gasteiger partial charge in [0, 0.05) is 25.4 Å². The largest absolute Gasteiger partial charge is 0.473 e. The quantitative estimate of drug-likeness (QED) is 0.565. The number of hydrogen-bond acceptors (Lipinski definition) is 7. The average Bonchev–Trinajstić information content (AvgIpc) is 3.38. The molecule has 29 heavy (non-hydrogen) atoms. The predicted octanol–water partition coefficient (Wildman–Crippen LogP) is 2.90. The summed E-state index contributed by atoms with van der Waals surface area (Å²) in [4.78, 5) is 21.6.